The molecule has 2 saturated heterocycles. The number of nitrogens with one attached hydrogen (secondary N) is 1. The number of carbonyl (C=O) groups excluding carboxylic acids is 1. The zero-order valence-corrected chi connectivity index (χ0v) is 22.8. The molecule has 0 saturated carbocycles. The molecule has 3 aromatic rings. The molecular formula is C32H43N3O2. The smallest absolute Gasteiger partial charge is 0.253 e. The first kappa shape index (κ1) is 25.8. The third-order valence-electron chi connectivity index (χ3n) is 8.48. The molecule has 0 unspecified atom stereocenters. The summed E-state index contributed by atoms with van der Waals surface area (Å²) in [7, 11) is 1.71. The topological polar surface area (TPSA) is 46.5 Å². The summed E-state index contributed by atoms with van der Waals surface area (Å²) >= 11 is 0. The number of amides is 1. The highest BCUT2D eigenvalue weighted by Crippen LogP contribution is 2.40. The van der Waals surface area contributed by atoms with Crippen LogP contribution in [0.4, 0.5) is 0 Å². The molecule has 1 aromatic heterocycles. The Morgan fingerprint density at radius 3 is 2.49 bits per heavy atom. The summed E-state index contributed by atoms with van der Waals surface area (Å²) in [6.07, 6.45) is 11.1. The number of piperidine rings is 1. The molecule has 2 fully saturated rings. The summed E-state index contributed by atoms with van der Waals surface area (Å²) in [5.74, 6) is 2.12. The van der Waals surface area contributed by atoms with Gasteiger partial charge in [-0.2, -0.15) is 0 Å². The van der Waals surface area contributed by atoms with Crippen LogP contribution in [0.3, 0.4) is 0 Å². The van der Waals surface area contributed by atoms with Crippen LogP contribution in [-0.4, -0.2) is 47.7 Å². The molecule has 5 heteroatoms. The normalized spacial score (nSPS) is 21.6. The van der Waals surface area contributed by atoms with Crippen LogP contribution < -0.4 is 10.1 Å². The fraction of sp³-hybridized carbons (Fsp3) is 0.531. The van der Waals surface area contributed by atoms with Gasteiger partial charge in [-0.25, -0.2) is 0 Å². The van der Waals surface area contributed by atoms with Gasteiger partial charge < -0.3 is 14.6 Å². The highest BCUT2D eigenvalue weighted by Gasteiger charge is 2.39. The van der Waals surface area contributed by atoms with Crippen LogP contribution in [0.2, 0.25) is 0 Å². The largest absolute Gasteiger partial charge is 0.495 e. The van der Waals surface area contributed by atoms with Gasteiger partial charge in [0.05, 0.1) is 18.2 Å². The van der Waals surface area contributed by atoms with E-state index in [1.807, 2.05) is 24.4 Å². The molecular weight excluding hydrogens is 458 g/mol. The Hall–Kier alpha value is -2.79. The summed E-state index contributed by atoms with van der Waals surface area (Å²) in [6.45, 7) is 6.93. The first-order valence-electron chi connectivity index (χ1n) is 14.3. The molecule has 37 heavy (non-hydrogen) atoms. The van der Waals surface area contributed by atoms with Crippen molar-refractivity contribution in [2.75, 3.05) is 20.2 Å². The van der Waals surface area contributed by atoms with Gasteiger partial charge in [-0.1, -0.05) is 56.3 Å². The van der Waals surface area contributed by atoms with E-state index in [2.05, 4.69) is 59.0 Å². The van der Waals surface area contributed by atoms with Crippen molar-refractivity contribution in [3.05, 3.63) is 65.9 Å². The molecule has 2 aromatic carbocycles. The van der Waals surface area contributed by atoms with Crippen LogP contribution >= 0.6 is 0 Å². The quantitative estimate of drug-likeness (QED) is 0.335. The Bertz CT molecular complexity index is 1170. The summed E-state index contributed by atoms with van der Waals surface area (Å²) in [5.41, 5.74) is 3.25. The van der Waals surface area contributed by atoms with Gasteiger partial charge in [-0.15, -0.1) is 0 Å². The Labute approximate surface area is 222 Å². The molecule has 0 spiro atoms. The first-order chi connectivity index (χ1) is 18.0. The second kappa shape index (κ2) is 11.7. The van der Waals surface area contributed by atoms with E-state index in [1.54, 1.807) is 7.11 Å². The predicted octanol–water partition coefficient (Wildman–Crippen LogP) is 6.30. The number of fused-ring (bicyclic) bond motifs is 3. The lowest BCUT2D eigenvalue weighted by atomic mass is 9.86. The molecule has 2 bridgehead atoms. The molecule has 1 amide bonds. The Morgan fingerprint density at radius 1 is 1.03 bits per heavy atom. The molecule has 0 aliphatic carbocycles. The van der Waals surface area contributed by atoms with Crippen molar-refractivity contribution in [3.8, 4) is 5.75 Å². The summed E-state index contributed by atoms with van der Waals surface area (Å²) in [5, 5.41) is 4.06. The lowest BCUT2D eigenvalue weighted by Crippen LogP contribution is -2.43. The van der Waals surface area contributed by atoms with Crippen LogP contribution in [0.25, 0.3) is 10.9 Å². The second-order valence-electron chi connectivity index (χ2n) is 11.5. The zero-order valence-electron chi connectivity index (χ0n) is 22.8. The van der Waals surface area contributed by atoms with E-state index in [4.69, 9.17) is 4.74 Å². The predicted molar refractivity (Wildman–Crippen MR) is 151 cm³/mol. The number of hydrogen-bond acceptors (Lipinski definition) is 3. The maximum atomic E-state index is 13.0. The van der Waals surface area contributed by atoms with Crippen molar-refractivity contribution in [3.63, 3.8) is 0 Å². The van der Waals surface area contributed by atoms with Crippen molar-refractivity contribution in [1.29, 1.82) is 0 Å². The number of benzene rings is 2. The fourth-order valence-corrected chi connectivity index (χ4v) is 6.67. The van der Waals surface area contributed by atoms with Crippen LogP contribution in [0.5, 0.6) is 5.75 Å². The molecule has 2 aliphatic heterocycles. The van der Waals surface area contributed by atoms with Gasteiger partial charge in [0.15, 0.2) is 0 Å². The van der Waals surface area contributed by atoms with E-state index >= 15 is 0 Å². The number of rotatable bonds is 11. The zero-order chi connectivity index (χ0) is 25.8. The molecule has 198 valence electrons. The van der Waals surface area contributed by atoms with E-state index in [1.165, 1.54) is 44.1 Å². The number of aryl methyl sites for hydroxylation is 2. The minimum absolute atomic E-state index is 0.00122. The third kappa shape index (κ3) is 5.87. The minimum atomic E-state index is 0.00122. The number of aromatic nitrogens is 1. The Kier molecular flexibility index (Phi) is 8.19. The van der Waals surface area contributed by atoms with Gasteiger partial charge in [0.1, 0.15) is 5.75 Å². The van der Waals surface area contributed by atoms with Gasteiger partial charge in [0.2, 0.25) is 0 Å². The number of para-hydroxylation sites is 1. The van der Waals surface area contributed by atoms with Crippen molar-refractivity contribution >= 4 is 16.8 Å². The molecule has 3 heterocycles. The van der Waals surface area contributed by atoms with Crippen molar-refractivity contribution in [1.82, 2.24) is 14.8 Å². The van der Waals surface area contributed by atoms with Crippen molar-refractivity contribution in [2.24, 2.45) is 11.8 Å². The summed E-state index contributed by atoms with van der Waals surface area (Å²) in [6, 6.07) is 18.5. The Morgan fingerprint density at radius 2 is 1.78 bits per heavy atom. The van der Waals surface area contributed by atoms with E-state index in [-0.39, 0.29) is 5.91 Å². The summed E-state index contributed by atoms with van der Waals surface area (Å²) in [4.78, 5) is 15.8. The van der Waals surface area contributed by atoms with Crippen LogP contribution in [-0.2, 0) is 13.0 Å². The van der Waals surface area contributed by atoms with Crippen molar-refractivity contribution in [2.45, 2.75) is 77.4 Å². The number of hydrogen-bond donors (Lipinski definition) is 1. The van der Waals surface area contributed by atoms with Crippen LogP contribution in [0.1, 0.15) is 68.3 Å². The van der Waals surface area contributed by atoms with E-state index < -0.39 is 0 Å². The molecule has 5 rings (SSSR count). The van der Waals surface area contributed by atoms with E-state index in [9.17, 15) is 4.79 Å². The maximum absolute atomic E-state index is 13.0. The van der Waals surface area contributed by atoms with Crippen LogP contribution in [0, 0.1) is 11.8 Å². The number of carbonyl (C=O) groups is 1. The average Bonchev–Trinajstić information content (AvgIpc) is 3.40. The van der Waals surface area contributed by atoms with Gasteiger partial charge in [0.25, 0.3) is 5.91 Å². The fourth-order valence-electron chi connectivity index (χ4n) is 6.67. The second-order valence-corrected chi connectivity index (χ2v) is 11.5. The highest BCUT2D eigenvalue weighted by atomic mass is 16.5. The number of ether oxygens (including phenoxy) is 1. The van der Waals surface area contributed by atoms with Gasteiger partial charge >= 0.3 is 0 Å². The molecule has 1 N–H and O–H groups in total. The molecule has 3 atom stereocenters. The lowest BCUT2D eigenvalue weighted by molar-refractivity contribution is 0.0950. The standard InChI is InChI=1S/C32H43N3O2/c1-23(2)21-33-32(36)29-22-34(31-28(29)11-7-12-30(31)37-3)17-8-18-35-26-15-16-27(35)20-25(19-26)14-13-24-9-5-4-6-10-24/h4-7,9-12,22-23,25-27H,8,13-21H2,1-3H3,(H,33,36)/t25-,26+,27-. The van der Waals surface area contributed by atoms with Gasteiger partial charge in [0, 0.05) is 43.3 Å². The summed E-state index contributed by atoms with van der Waals surface area (Å²) < 4.78 is 7.95. The third-order valence-corrected chi connectivity index (χ3v) is 8.48. The minimum Gasteiger partial charge on any atom is -0.495 e. The van der Waals surface area contributed by atoms with Gasteiger partial charge in [-0.3, -0.25) is 9.69 Å². The first-order valence-corrected chi connectivity index (χ1v) is 14.3. The number of methoxy groups -OCH3 is 1. The highest BCUT2D eigenvalue weighted by molar-refractivity contribution is 6.08. The Balaban J connectivity index is 1.21. The number of nitrogens with zero attached hydrogens (tertiary/aromatic N) is 2. The average molecular weight is 502 g/mol. The molecule has 2 aliphatic rings. The molecule has 0 radical (unpaired) electrons. The van der Waals surface area contributed by atoms with Crippen molar-refractivity contribution < 1.29 is 9.53 Å². The lowest BCUT2D eigenvalue weighted by Gasteiger charge is -2.39. The monoisotopic (exact) mass is 501 g/mol. The molecule has 5 nitrogen and oxygen atoms in total. The van der Waals surface area contributed by atoms with Crippen LogP contribution in [0.15, 0.2) is 54.7 Å². The van der Waals surface area contributed by atoms with E-state index in [0.29, 0.717) is 12.5 Å². The van der Waals surface area contributed by atoms with Gasteiger partial charge in [-0.05, 0) is 68.4 Å². The SMILES string of the molecule is COc1cccc2c(C(=O)NCC(C)C)cn(CCCN3[C@@H]4CC[C@H]3C[C@@H](CCc3ccccc3)C4)c12. The van der Waals surface area contributed by atoms with E-state index in [0.717, 1.165) is 59.7 Å². The maximum Gasteiger partial charge on any atom is 0.253 e.